The highest BCUT2D eigenvalue weighted by Gasteiger charge is 2.46. The number of pyridine rings is 2. The van der Waals surface area contributed by atoms with Gasteiger partial charge in [0.2, 0.25) is 0 Å². The Labute approximate surface area is 197 Å². The maximum absolute atomic E-state index is 14.5. The van der Waals surface area contributed by atoms with E-state index in [1.807, 2.05) is 25.3 Å². The Morgan fingerprint density at radius 1 is 1.12 bits per heavy atom. The van der Waals surface area contributed by atoms with Crippen LogP contribution in [-0.2, 0) is 6.42 Å². The Kier molecular flexibility index (Phi) is 5.29. The summed E-state index contributed by atoms with van der Waals surface area (Å²) in [5.41, 5.74) is 11.8. The molecule has 1 aliphatic carbocycles. The first-order valence-corrected chi connectivity index (χ1v) is 11.0. The SMILES string of the molecule is Cc1nc(N2CCC3(CC2)Cc2ncccc2[C@H]3N)c2ccnn2c1-c1ccncc1F.Cl. The summed E-state index contributed by atoms with van der Waals surface area (Å²) in [5, 5.41) is 4.50. The van der Waals surface area contributed by atoms with Gasteiger partial charge in [0.1, 0.15) is 5.52 Å². The number of fused-ring (bicyclic) bond motifs is 2. The molecule has 0 aromatic carbocycles. The fourth-order valence-corrected chi connectivity index (χ4v) is 5.49. The first-order chi connectivity index (χ1) is 15.6. The predicted octanol–water partition coefficient (Wildman–Crippen LogP) is 3.90. The van der Waals surface area contributed by atoms with Gasteiger partial charge in [-0.3, -0.25) is 9.97 Å². The molecule has 2 N–H and O–H groups in total. The van der Waals surface area contributed by atoms with Crippen LogP contribution in [0.2, 0.25) is 0 Å². The third-order valence-corrected chi connectivity index (χ3v) is 7.23. The first kappa shape index (κ1) is 21.7. The molecule has 1 fully saturated rings. The summed E-state index contributed by atoms with van der Waals surface area (Å²) in [4.78, 5) is 15.7. The molecule has 170 valence electrons. The van der Waals surface area contributed by atoms with E-state index in [0.29, 0.717) is 11.3 Å². The van der Waals surface area contributed by atoms with E-state index in [1.54, 1.807) is 23.0 Å². The molecule has 1 spiro atoms. The number of anilines is 1. The topological polar surface area (TPSA) is 85.2 Å². The lowest BCUT2D eigenvalue weighted by molar-refractivity contribution is 0.187. The van der Waals surface area contributed by atoms with Gasteiger partial charge in [-0.15, -0.1) is 12.4 Å². The smallest absolute Gasteiger partial charge is 0.155 e. The monoisotopic (exact) mass is 465 g/mol. The number of rotatable bonds is 2. The largest absolute Gasteiger partial charge is 0.355 e. The number of nitrogens with zero attached hydrogens (tertiary/aromatic N) is 6. The summed E-state index contributed by atoms with van der Waals surface area (Å²) < 4.78 is 16.3. The second-order valence-corrected chi connectivity index (χ2v) is 8.90. The van der Waals surface area contributed by atoms with Crippen LogP contribution in [0.25, 0.3) is 16.8 Å². The van der Waals surface area contributed by atoms with Crippen LogP contribution in [0.4, 0.5) is 10.2 Å². The van der Waals surface area contributed by atoms with Crippen molar-refractivity contribution in [2.24, 2.45) is 11.1 Å². The molecule has 0 unspecified atom stereocenters. The predicted molar refractivity (Wildman–Crippen MR) is 127 cm³/mol. The third kappa shape index (κ3) is 3.28. The Bertz CT molecular complexity index is 1330. The number of halogens is 2. The molecule has 0 saturated carbocycles. The maximum Gasteiger partial charge on any atom is 0.155 e. The summed E-state index contributed by atoms with van der Waals surface area (Å²) in [7, 11) is 0. The van der Waals surface area contributed by atoms with E-state index in [0.717, 1.165) is 55.1 Å². The van der Waals surface area contributed by atoms with Crippen molar-refractivity contribution in [3.05, 3.63) is 71.8 Å². The van der Waals surface area contributed by atoms with Crippen molar-refractivity contribution in [3.8, 4) is 11.3 Å². The number of piperidine rings is 1. The van der Waals surface area contributed by atoms with Gasteiger partial charge in [0.25, 0.3) is 0 Å². The van der Waals surface area contributed by atoms with Crippen molar-refractivity contribution in [3.63, 3.8) is 0 Å². The second-order valence-electron chi connectivity index (χ2n) is 8.90. The third-order valence-electron chi connectivity index (χ3n) is 7.23. The van der Waals surface area contributed by atoms with Crippen LogP contribution < -0.4 is 10.6 Å². The minimum atomic E-state index is -0.384. The number of hydrogen-bond acceptors (Lipinski definition) is 6. The van der Waals surface area contributed by atoms with Gasteiger partial charge >= 0.3 is 0 Å². The molecule has 9 heteroatoms. The number of aromatic nitrogens is 5. The molecular formula is C24H25ClFN7. The van der Waals surface area contributed by atoms with Crippen molar-refractivity contribution >= 4 is 23.7 Å². The minimum Gasteiger partial charge on any atom is -0.355 e. The lowest BCUT2D eigenvalue weighted by Gasteiger charge is -2.42. The van der Waals surface area contributed by atoms with Crippen LogP contribution in [0.3, 0.4) is 0 Å². The normalized spacial score (nSPS) is 19.0. The Balaban J connectivity index is 0.00000228. The average molecular weight is 466 g/mol. The fourth-order valence-electron chi connectivity index (χ4n) is 5.49. The number of nitrogens with two attached hydrogens (primary N) is 1. The van der Waals surface area contributed by atoms with Gasteiger partial charge in [0, 0.05) is 42.8 Å². The fraction of sp³-hybridized carbons (Fsp3) is 0.333. The number of hydrogen-bond donors (Lipinski definition) is 1. The molecule has 0 radical (unpaired) electrons. The van der Waals surface area contributed by atoms with E-state index in [2.05, 4.69) is 26.0 Å². The van der Waals surface area contributed by atoms with Crippen molar-refractivity contribution in [2.75, 3.05) is 18.0 Å². The van der Waals surface area contributed by atoms with E-state index in [-0.39, 0.29) is 29.7 Å². The summed E-state index contributed by atoms with van der Waals surface area (Å²) >= 11 is 0. The van der Waals surface area contributed by atoms with Gasteiger partial charge < -0.3 is 10.6 Å². The average Bonchev–Trinajstić information content (AvgIpc) is 3.39. The number of aryl methyl sites for hydroxylation is 1. The van der Waals surface area contributed by atoms with Crippen LogP contribution in [-0.4, -0.2) is 37.7 Å². The van der Waals surface area contributed by atoms with Gasteiger partial charge in [0.15, 0.2) is 11.6 Å². The van der Waals surface area contributed by atoms with E-state index in [9.17, 15) is 4.39 Å². The lowest BCUT2D eigenvalue weighted by Crippen LogP contribution is -2.44. The molecule has 7 nitrogen and oxygen atoms in total. The molecule has 0 amide bonds. The summed E-state index contributed by atoms with van der Waals surface area (Å²) in [5.74, 6) is 0.500. The summed E-state index contributed by atoms with van der Waals surface area (Å²) in [6, 6.07) is 7.72. The zero-order valence-corrected chi connectivity index (χ0v) is 19.1. The summed E-state index contributed by atoms with van der Waals surface area (Å²) in [6.07, 6.45) is 9.30. The van der Waals surface area contributed by atoms with Crippen molar-refractivity contribution in [2.45, 2.75) is 32.2 Å². The Morgan fingerprint density at radius 3 is 2.70 bits per heavy atom. The van der Waals surface area contributed by atoms with E-state index in [1.165, 1.54) is 11.8 Å². The zero-order valence-electron chi connectivity index (χ0n) is 18.3. The molecule has 4 aromatic rings. The first-order valence-electron chi connectivity index (χ1n) is 11.0. The van der Waals surface area contributed by atoms with Gasteiger partial charge in [-0.1, -0.05) is 6.07 Å². The molecule has 2 aliphatic rings. The van der Waals surface area contributed by atoms with Gasteiger partial charge in [-0.05, 0) is 55.4 Å². The van der Waals surface area contributed by atoms with Crippen LogP contribution in [0.1, 0.15) is 35.8 Å². The molecule has 0 bridgehead atoms. The van der Waals surface area contributed by atoms with Gasteiger partial charge in [-0.2, -0.15) is 5.10 Å². The van der Waals surface area contributed by atoms with Crippen LogP contribution in [0.5, 0.6) is 0 Å². The molecule has 6 rings (SSSR count). The van der Waals surface area contributed by atoms with Crippen molar-refractivity contribution in [1.82, 2.24) is 24.6 Å². The molecule has 5 heterocycles. The molecule has 1 saturated heterocycles. The van der Waals surface area contributed by atoms with Crippen molar-refractivity contribution in [1.29, 1.82) is 0 Å². The zero-order chi connectivity index (χ0) is 21.9. The molecule has 33 heavy (non-hydrogen) atoms. The lowest BCUT2D eigenvalue weighted by atomic mass is 9.73. The highest BCUT2D eigenvalue weighted by atomic mass is 35.5. The second kappa shape index (κ2) is 8.04. The molecule has 1 aliphatic heterocycles. The maximum atomic E-state index is 14.5. The highest BCUT2D eigenvalue weighted by molar-refractivity contribution is 5.85. The Hall–Kier alpha value is -3.10. The van der Waals surface area contributed by atoms with Crippen LogP contribution in [0.15, 0.2) is 49.1 Å². The quantitative estimate of drug-likeness (QED) is 0.483. The molecule has 1 atom stereocenters. The van der Waals surface area contributed by atoms with Crippen LogP contribution in [0, 0.1) is 18.2 Å². The van der Waals surface area contributed by atoms with E-state index >= 15 is 0 Å². The van der Waals surface area contributed by atoms with Crippen molar-refractivity contribution < 1.29 is 4.39 Å². The molecular weight excluding hydrogens is 441 g/mol. The van der Waals surface area contributed by atoms with Crippen LogP contribution >= 0.6 is 12.4 Å². The molecule has 4 aromatic heterocycles. The van der Waals surface area contributed by atoms with Gasteiger partial charge in [0.05, 0.1) is 23.8 Å². The Morgan fingerprint density at radius 2 is 1.94 bits per heavy atom. The minimum absolute atomic E-state index is 0. The van der Waals surface area contributed by atoms with E-state index in [4.69, 9.17) is 10.7 Å². The standard InChI is InChI=1S/C24H24FN7.ClH/c1-15-21(16-4-9-27-14-18(16)25)32-20(5-10-29-32)23(30-15)31-11-6-24(7-12-31)13-19-17(22(24)26)3-2-8-28-19;/h2-5,8-10,14,22H,6-7,11-13,26H2,1H3;1H/t22-;/m1./s1. The summed E-state index contributed by atoms with van der Waals surface area (Å²) in [6.45, 7) is 3.62. The highest BCUT2D eigenvalue weighted by Crippen LogP contribution is 2.50. The van der Waals surface area contributed by atoms with E-state index < -0.39 is 0 Å². The van der Waals surface area contributed by atoms with Gasteiger partial charge in [-0.25, -0.2) is 13.9 Å².